The quantitative estimate of drug-likeness (QED) is 0.398. The zero-order valence-corrected chi connectivity index (χ0v) is 9.31. The number of aliphatic hydroxyl groups excluding tert-OH is 1. The number of alkyl halides is 2. The summed E-state index contributed by atoms with van der Waals surface area (Å²) in [6.07, 6.45) is -2.24. The molecule has 0 aromatic carbocycles. The summed E-state index contributed by atoms with van der Waals surface area (Å²) in [6, 6.07) is 0. The summed E-state index contributed by atoms with van der Waals surface area (Å²) in [6.45, 7) is -0.702. The highest BCUT2D eigenvalue weighted by Crippen LogP contribution is 2.33. The van der Waals surface area contributed by atoms with E-state index in [0.29, 0.717) is 0 Å². The first-order valence-corrected chi connectivity index (χ1v) is 4.77. The van der Waals surface area contributed by atoms with Gasteiger partial charge in [0, 0.05) is 5.56 Å². The molecule has 0 saturated carbocycles. The lowest BCUT2D eigenvalue weighted by molar-refractivity contribution is -0.386. The Kier molecular flexibility index (Phi) is 3.85. The summed E-state index contributed by atoms with van der Waals surface area (Å²) in [5, 5.41) is 19.3. The molecule has 0 saturated heterocycles. The van der Waals surface area contributed by atoms with Crippen molar-refractivity contribution in [1.29, 1.82) is 0 Å². The first-order valence-electron chi connectivity index (χ1n) is 3.69. The van der Waals surface area contributed by atoms with Gasteiger partial charge in [-0.05, 0) is 22.6 Å². The highest BCUT2D eigenvalue weighted by atomic mass is 127. The molecule has 0 amide bonds. The van der Waals surface area contributed by atoms with E-state index in [-0.39, 0.29) is 9.26 Å². The predicted molar refractivity (Wildman–Crippen MR) is 54.5 cm³/mol. The average molecular weight is 330 g/mol. The van der Waals surface area contributed by atoms with Gasteiger partial charge in [-0.1, -0.05) is 0 Å². The Morgan fingerprint density at radius 2 is 2.27 bits per heavy atom. The van der Waals surface area contributed by atoms with Gasteiger partial charge in [-0.3, -0.25) is 10.1 Å². The van der Waals surface area contributed by atoms with E-state index in [9.17, 15) is 18.9 Å². The number of hydrogen-bond donors (Lipinski definition) is 1. The van der Waals surface area contributed by atoms with Crippen LogP contribution in [0.2, 0.25) is 0 Å². The standard InChI is InChI=1S/C7H5F2IN2O3/c8-6(9)5-3(2-13)7(10)11-1-4(5)12(14)15/h1,6,13H,2H2. The van der Waals surface area contributed by atoms with Crippen molar-refractivity contribution in [2.75, 3.05) is 0 Å². The second kappa shape index (κ2) is 4.75. The van der Waals surface area contributed by atoms with E-state index in [1.807, 2.05) is 0 Å². The highest BCUT2D eigenvalue weighted by molar-refractivity contribution is 14.1. The summed E-state index contributed by atoms with van der Waals surface area (Å²) in [5.74, 6) is 0. The van der Waals surface area contributed by atoms with Crippen LogP contribution < -0.4 is 0 Å². The smallest absolute Gasteiger partial charge is 0.296 e. The Morgan fingerprint density at radius 3 is 2.67 bits per heavy atom. The van der Waals surface area contributed by atoms with Crippen LogP contribution in [0, 0.1) is 13.8 Å². The minimum atomic E-state index is -3.01. The van der Waals surface area contributed by atoms with Crippen LogP contribution in [-0.2, 0) is 6.61 Å². The Morgan fingerprint density at radius 1 is 1.67 bits per heavy atom. The molecule has 0 aliphatic rings. The Labute approximate surface area is 96.4 Å². The lowest BCUT2D eigenvalue weighted by Gasteiger charge is -2.07. The number of rotatable bonds is 3. The maximum Gasteiger partial charge on any atom is 0.296 e. The second-order valence-corrected chi connectivity index (χ2v) is 3.56. The van der Waals surface area contributed by atoms with E-state index >= 15 is 0 Å². The Bertz CT molecular complexity index is 400. The van der Waals surface area contributed by atoms with E-state index in [1.54, 1.807) is 22.6 Å². The molecular weight excluding hydrogens is 325 g/mol. The van der Waals surface area contributed by atoms with E-state index in [2.05, 4.69) is 4.98 Å². The monoisotopic (exact) mass is 330 g/mol. The number of pyridine rings is 1. The van der Waals surface area contributed by atoms with Crippen LogP contribution in [0.5, 0.6) is 0 Å². The fraction of sp³-hybridized carbons (Fsp3) is 0.286. The molecule has 5 nitrogen and oxygen atoms in total. The molecule has 0 atom stereocenters. The molecule has 1 rings (SSSR count). The van der Waals surface area contributed by atoms with Crippen LogP contribution in [0.3, 0.4) is 0 Å². The number of nitrogens with zero attached hydrogens (tertiary/aromatic N) is 2. The van der Waals surface area contributed by atoms with Crippen molar-refractivity contribution in [1.82, 2.24) is 4.98 Å². The Hall–Kier alpha value is -0.900. The van der Waals surface area contributed by atoms with E-state index in [1.165, 1.54) is 0 Å². The molecule has 0 aliphatic heterocycles. The fourth-order valence-corrected chi connectivity index (χ4v) is 1.67. The SMILES string of the molecule is O=[N+]([O-])c1cnc(I)c(CO)c1C(F)F. The number of aromatic nitrogens is 1. The first kappa shape index (κ1) is 12.2. The van der Waals surface area contributed by atoms with Gasteiger partial charge >= 0.3 is 0 Å². The molecule has 0 aliphatic carbocycles. The third-order valence-corrected chi connectivity index (χ3v) is 2.65. The number of aliphatic hydroxyl groups is 1. The molecule has 82 valence electrons. The normalized spacial score (nSPS) is 10.7. The molecule has 0 spiro atoms. The van der Waals surface area contributed by atoms with Crippen LogP contribution >= 0.6 is 22.6 Å². The van der Waals surface area contributed by atoms with Crippen molar-refractivity contribution < 1.29 is 18.8 Å². The van der Waals surface area contributed by atoms with Gasteiger partial charge in [-0.2, -0.15) is 0 Å². The lowest BCUT2D eigenvalue weighted by Crippen LogP contribution is -2.05. The van der Waals surface area contributed by atoms with Crippen LogP contribution in [-0.4, -0.2) is 15.0 Å². The largest absolute Gasteiger partial charge is 0.392 e. The van der Waals surface area contributed by atoms with Crippen molar-refractivity contribution >= 4 is 28.3 Å². The van der Waals surface area contributed by atoms with E-state index in [0.717, 1.165) is 6.20 Å². The molecule has 0 radical (unpaired) electrons. The summed E-state index contributed by atoms with van der Waals surface area (Å²) in [4.78, 5) is 13.1. The predicted octanol–water partition coefficient (Wildman–Crippen LogP) is 2.02. The topological polar surface area (TPSA) is 76.3 Å². The third kappa shape index (κ3) is 2.37. The van der Waals surface area contributed by atoms with Gasteiger partial charge in [0.15, 0.2) is 0 Å². The molecule has 0 fully saturated rings. The third-order valence-electron chi connectivity index (χ3n) is 1.72. The van der Waals surface area contributed by atoms with Crippen molar-refractivity contribution in [3.8, 4) is 0 Å². The van der Waals surface area contributed by atoms with Crippen LogP contribution in [0.25, 0.3) is 0 Å². The minimum absolute atomic E-state index is 0.135. The minimum Gasteiger partial charge on any atom is -0.392 e. The molecule has 1 aromatic rings. The summed E-state index contributed by atoms with van der Waals surface area (Å²) >= 11 is 1.63. The van der Waals surface area contributed by atoms with Gasteiger partial charge in [0.1, 0.15) is 15.5 Å². The summed E-state index contributed by atoms with van der Waals surface area (Å²) in [7, 11) is 0. The van der Waals surface area contributed by atoms with E-state index < -0.39 is 29.2 Å². The second-order valence-electron chi connectivity index (χ2n) is 2.54. The summed E-state index contributed by atoms with van der Waals surface area (Å²) < 4.78 is 25.3. The molecule has 15 heavy (non-hydrogen) atoms. The maximum atomic E-state index is 12.6. The molecule has 0 bridgehead atoms. The number of nitro groups is 1. The molecule has 1 N–H and O–H groups in total. The first-order chi connectivity index (χ1) is 6.99. The number of hydrogen-bond acceptors (Lipinski definition) is 4. The molecular formula is C7H5F2IN2O3. The van der Waals surface area contributed by atoms with Gasteiger partial charge in [-0.25, -0.2) is 13.8 Å². The van der Waals surface area contributed by atoms with Gasteiger partial charge < -0.3 is 5.11 Å². The van der Waals surface area contributed by atoms with Gasteiger partial charge in [0.05, 0.1) is 11.5 Å². The zero-order valence-electron chi connectivity index (χ0n) is 7.15. The van der Waals surface area contributed by atoms with Crippen molar-refractivity contribution in [2.45, 2.75) is 13.0 Å². The van der Waals surface area contributed by atoms with Crippen molar-refractivity contribution in [3.63, 3.8) is 0 Å². The lowest BCUT2D eigenvalue weighted by atomic mass is 10.1. The van der Waals surface area contributed by atoms with Gasteiger partial charge in [0.25, 0.3) is 12.1 Å². The van der Waals surface area contributed by atoms with Gasteiger partial charge in [0.2, 0.25) is 0 Å². The molecule has 0 unspecified atom stereocenters. The van der Waals surface area contributed by atoms with Crippen LogP contribution in [0.15, 0.2) is 6.20 Å². The Balaban J connectivity index is 3.49. The zero-order chi connectivity index (χ0) is 11.6. The van der Waals surface area contributed by atoms with Crippen molar-refractivity contribution in [2.24, 2.45) is 0 Å². The molecule has 8 heteroatoms. The van der Waals surface area contributed by atoms with E-state index in [4.69, 9.17) is 5.11 Å². The highest BCUT2D eigenvalue weighted by Gasteiger charge is 2.27. The average Bonchev–Trinajstić information content (AvgIpc) is 2.16. The fourth-order valence-electron chi connectivity index (χ4n) is 1.07. The molecule has 1 heterocycles. The summed E-state index contributed by atoms with van der Waals surface area (Å²) in [5.41, 5.74) is -1.73. The van der Waals surface area contributed by atoms with Gasteiger partial charge in [-0.15, -0.1) is 0 Å². The van der Waals surface area contributed by atoms with Crippen LogP contribution in [0.4, 0.5) is 14.5 Å². The maximum absolute atomic E-state index is 12.6. The number of halogens is 3. The van der Waals surface area contributed by atoms with Crippen LogP contribution in [0.1, 0.15) is 17.6 Å². The van der Waals surface area contributed by atoms with Crippen molar-refractivity contribution in [3.05, 3.63) is 31.1 Å². The molecule has 1 aromatic heterocycles.